The van der Waals surface area contributed by atoms with Gasteiger partial charge in [-0.25, -0.2) is 4.98 Å². The molecule has 1 aromatic heterocycles. The van der Waals surface area contributed by atoms with E-state index in [1.807, 2.05) is 0 Å². The van der Waals surface area contributed by atoms with E-state index in [2.05, 4.69) is 20.6 Å². The molecule has 8 heteroatoms. The molecule has 2 heterocycles. The van der Waals surface area contributed by atoms with Gasteiger partial charge in [0, 0.05) is 30.8 Å². The molecule has 3 N–H and O–H groups in total. The molecule has 0 aliphatic carbocycles. The summed E-state index contributed by atoms with van der Waals surface area (Å²) in [5.41, 5.74) is 1.72. The first-order valence-corrected chi connectivity index (χ1v) is 9.79. The molecule has 2 aromatic rings. The number of aromatic amines is 1. The lowest BCUT2D eigenvalue weighted by molar-refractivity contribution is -0.116. The van der Waals surface area contributed by atoms with Crippen LogP contribution in [0.4, 0.5) is 5.69 Å². The van der Waals surface area contributed by atoms with Crippen molar-refractivity contribution in [2.45, 2.75) is 45.6 Å². The number of aromatic nitrogens is 2. The van der Waals surface area contributed by atoms with E-state index in [1.165, 1.54) is 0 Å². The van der Waals surface area contributed by atoms with E-state index >= 15 is 0 Å². The molecule has 0 bridgehead atoms. The van der Waals surface area contributed by atoms with Gasteiger partial charge in [-0.05, 0) is 45.2 Å². The first kappa shape index (κ1) is 20.7. The number of carbonyl (C=O) groups is 2. The molecule has 1 aromatic carbocycles. The summed E-state index contributed by atoms with van der Waals surface area (Å²) in [5, 5.41) is 5.64. The van der Waals surface area contributed by atoms with Crippen molar-refractivity contribution in [3.63, 3.8) is 0 Å². The van der Waals surface area contributed by atoms with Crippen LogP contribution < -0.4 is 16.2 Å². The van der Waals surface area contributed by atoms with Crippen molar-refractivity contribution in [1.82, 2.24) is 15.3 Å². The molecule has 1 fully saturated rings. The molecule has 8 nitrogen and oxygen atoms in total. The van der Waals surface area contributed by atoms with Crippen molar-refractivity contribution < 1.29 is 14.3 Å². The summed E-state index contributed by atoms with van der Waals surface area (Å²) in [6, 6.07) is 6.85. The van der Waals surface area contributed by atoms with Crippen molar-refractivity contribution in [2.75, 3.05) is 18.5 Å². The number of H-pyrrole nitrogens is 1. The predicted octanol–water partition coefficient (Wildman–Crippen LogP) is 1.87. The first-order chi connectivity index (χ1) is 13.9. The molecule has 0 radical (unpaired) electrons. The number of aryl methyl sites for hydroxylation is 2. The topological polar surface area (TPSA) is 113 Å². The minimum Gasteiger partial charge on any atom is -0.376 e. The second kappa shape index (κ2) is 9.47. The Morgan fingerprint density at radius 3 is 2.79 bits per heavy atom. The van der Waals surface area contributed by atoms with Crippen molar-refractivity contribution in [3.05, 3.63) is 57.3 Å². The van der Waals surface area contributed by atoms with Gasteiger partial charge in [0.1, 0.15) is 5.82 Å². The van der Waals surface area contributed by atoms with Crippen LogP contribution in [0.1, 0.15) is 46.7 Å². The van der Waals surface area contributed by atoms with Gasteiger partial charge in [-0.3, -0.25) is 14.4 Å². The third kappa shape index (κ3) is 5.51. The largest absolute Gasteiger partial charge is 0.376 e. The van der Waals surface area contributed by atoms with Crippen LogP contribution in [0.25, 0.3) is 0 Å². The van der Waals surface area contributed by atoms with E-state index in [-0.39, 0.29) is 36.3 Å². The summed E-state index contributed by atoms with van der Waals surface area (Å²) < 4.78 is 5.52. The fourth-order valence-electron chi connectivity index (χ4n) is 3.39. The van der Waals surface area contributed by atoms with Gasteiger partial charge >= 0.3 is 0 Å². The molecular formula is C21H26N4O4. The fourth-order valence-corrected chi connectivity index (χ4v) is 3.39. The lowest BCUT2D eigenvalue weighted by atomic mass is 10.1. The lowest BCUT2D eigenvalue weighted by Crippen LogP contribution is -2.32. The number of para-hydroxylation sites is 1. The van der Waals surface area contributed by atoms with Crippen molar-refractivity contribution in [2.24, 2.45) is 0 Å². The van der Waals surface area contributed by atoms with E-state index in [0.717, 1.165) is 19.4 Å². The Kier molecular flexibility index (Phi) is 6.77. The molecule has 2 amide bonds. The molecule has 29 heavy (non-hydrogen) atoms. The Morgan fingerprint density at radius 2 is 2.07 bits per heavy atom. The summed E-state index contributed by atoms with van der Waals surface area (Å²) >= 11 is 0. The van der Waals surface area contributed by atoms with Crippen molar-refractivity contribution in [3.8, 4) is 0 Å². The zero-order valence-corrected chi connectivity index (χ0v) is 16.7. The maximum atomic E-state index is 12.5. The highest BCUT2D eigenvalue weighted by atomic mass is 16.5. The van der Waals surface area contributed by atoms with Gasteiger partial charge in [-0.2, -0.15) is 0 Å². The van der Waals surface area contributed by atoms with E-state index in [9.17, 15) is 14.4 Å². The Hall–Kier alpha value is -3.00. The minimum absolute atomic E-state index is 0.0464. The number of nitrogens with zero attached hydrogens (tertiary/aromatic N) is 1. The SMILES string of the molecule is Cc1nc(C)c(CCC(=O)Nc2ccccc2C(=O)NCC2CCCO2)c(=O)[nH]1. The highest BCUT2D eigenvalue weighted by Gasteiger charge is 2.18. The number of benzene rings is 1. The van der Waals surface area contributed by atoms with Crippen LogP contribution in [0, 0.1) is 13.8 Å². The summed E-state index contributed by atoms with van der Waals surface area (Å²) in [7, 11) is 0. The maximum absolute atomic E-state index is 12.5. The molecule has 1 saturated heterocycles. The van der Waals surface area contributed by atoms with Gasteiger partial charge < -0.3 is 20.4 Å². The van der Waals surface area contributed by atoms with Gasteiger partial charge in [0.15, 0.2) is 0 Å². The van der Waals surface area contributed by atoms with Crippen LogP contribution in [0.5, 0.6) is 0 Å². The number of anilines is 1. The summed E-state index contributed by atoms with van der Waals surface area (Å²) in [6.45, 7) is 4.64. The third-order valence-electron chi connectivity index (χ3n) is 4.90. The monoisotopic (exact) mass is 398 g/mol. The number of amides is 2. The highest BCUT2D eigenvalue weighted by molar-refractivity contribution is 6.03. The van der Waals surface area contributed by atoms with Gasteiger partial charge in [0.05, 0.1) is 17.4 Å². The average Bonchev–Trinajstić information content (AvgIpc) is 3.19. The van der Waals surface area contributed by atoms with Crippen molar-refractivity contribution in [1.29, 1.82) is 0 Å². The molecule has 154 valence electrons. The Bertz CT molecular complexity index is 948. The second-order valence-corrected chi connectivity index (χ2v) is 7.15. The van der Waals surface area contributed by atoms with E-state index < -0.39 is 0 Å². The normalized spacial score (nSPS) is 15.9. The van der Waals surface area contributed by atoms with Crippen LogP contribution in [-0.2, 0) is 16.0 Å². The van der Waals surface area contributed by atoms with E-state index in [1.54, 1.807) is 38.1 Å². The van der Waals surface area contributed by atoms with Crippen LogP contribution in [0.2, 0.25) is 0 Å². The van der Waals surface area contributed by atoms with Gasteiger partial charge in [0.25, 0.3) is 11.5 Å². The molecule has 1 aliphatic rings. The van der Waals surface area contributed by atoms with Crippen LogP contribution in [0.3, 0.4) is 0 Å². The Balaban J connectivity index is 1.60. The average molecular weight is 398 g/mol. The lowest BCUT2D eigenvalue weighted by Gasteiger charge is -2.14. The maximum Gasteiger partial charge on any atom is 0.254 e. The number of hydrogen-bond donors (Lipinski definition) is 3. The van der Waals surface area contributed by atoms with Crippen LogP contribution in [0.15, 0.2) is 29.1 Å². The Morgan fingerprint density at radius 1 is 1.28 bits per heavy atom. The predicted molar refractivity (Wildman–Crippen MR) is 109 cm³/mol. The fraction of sp³-hybridized carbons (Fsp3) is 0.429. The second-order valence-electron chi connectivity index (χ2n) is 7.15. The zero-order valence-electron chi connectivity index (χ0n) is 16.7. The number of nitrogens with one attached hydrogen (secondary N) is 3. The zero-order chi connectivity index (χ0) is 20.8. The molecule has 3 rings (SSSR count). The van der Waals surface area contributed by atoms with Crippen LogP contribution in [-0.4, -0.2) is 41.0 Å². The number of hydrogen-bond acceptors (Lipinski definition) is 5. The number of carbonyl (C=O) groups excluding carboxylic acids is 2. The van der Waals surface area contributed by atoms with E-state index in [4.69, 9.17) is 4.74 Å². The van der Waals surface area contributed by atoms with Gasteiger partial charge in [-0.1, -0.05) is 12.1 Å². The van der Waals surface area contributed by atoms with E-state index in [0.29, 0.717) is 34.9 Å². The summed E-state index contributed by atoms with van der Waals surface area (Å²) in [6.07, 6.45) is 2.37. The first-order valence-electron chi connectivity index (χ1n) is 9.79. The number of rotatable bonds is 7. The molecule has 1 atom stereocenters. The Labute approximate surface area is 169 Å². The molecule has 0 spiro atoms. The number of ether oxygens (including phenoxy) is 1. The quantitative estimate of drug-likeness (QED) is 0.659. The summed E-state index contributed by atoms with van der Waals surface area (Å²) in [5.74, 6) is 0.0128. The van der Waals surface area contributed by atoms with Gasteiger partial charge in [-0.15, -0.1) is 0 Å². The highest BCUT2D eigenvalue weighted by Crippen LogP contribution is 2.17. The molecular weight excluding hydrogens is 372 g/mol. The minimum atomic E-state index is -0.274. The van der Waals surface area contributed by atoms with Crippen molar-refractivity contribution >= 4 is 17.5 Å². The molecule has 1 aliphatic heterocycles. The van der Waals surface area contributed by atoms with Gasteiger partial charge in [0.2, 0.25) is 5.91 Å². The standard InChI is InChI=1S/C21H26N4O4/c1-13-16(21(28)24-14(2)23-13)9-10-19(26)25-18-8-4-3-7-17(18)20(27)22-12-15-6-5-11-29-15/h3-4,7-8,15H,5-6,9-12H2,1-2H3,(H,22,27)(H,25,26)(H,23,24,28). The smallest absolute Gasteiger partial charge is 0.254 e. The third-order valence-corrected chi connectivity index (χ3v) is 4.90. The molecule has 1 unspecified atom stereocenters. The summed E-state index contributed by atoms with van der Waals surface area (Å²) in [4.78, 5) is 43.9. The molecule has 0 saturated carbocycles. The van der Waals surface area contributed by atoms with Crippen LogP contribution >= 0.6 is 0 Å².